The molecule has 17 heavy (non-hydrogen) atoms. The third-order valence-electron chi connectivity index (χ3n) is 2.65. The fraction of sp³-hybridized carbons (Fsp3) is 0.308. The molecule has 0 bridgehead atoms. The molecule has 0 aliphatic rings. The van der Waals surface area contributed by atoms with Crippen molar-refractivity contribution in [3.63, 3.8) is 0 Å². The smallest absolute Gasteiger partial charge is 0.219 e. The molecule has 0 saturated carbocycles. The van der Waals surface area contributed by atoms with Crippen LogP contribution in [0.3, 0.4) is 0 Å². The highest BCUT2D eigenvalue weighted by molar-refractivity contribution is 5.60. The number of hydrogen-bond acceptors (Lipinski definition) is 3. The Morgan fingerprint density at radius 2 is 1.88 bits per heavy atom. The van der Waals surface area contributed by atoms with Gasteiger partial charge in [0, 0.05) is 5.56 Å². The van der Waals surface area contributed by atoms with Crippen molar-refractivity contribution >= 4 is 5.95 Å². The van der Waals surface area contributed by atoms with Crippen LogP contribution in [-0.4, -0.2) is 9.66 Å². The lowest BCUT2D eigenvalue weighted by atomic mass is 10.0. The normalized spacial score (nSPS) is 11.0. The van der Waals surface area contributed by atoms with E-state index in [4.69, 9.17) is 11.6 Å². The third kappa shape index (κ3) is 2.58. The van der Waals surface area contributed by atoms with Gasteiger partial charge in [-0.15, -0.1) is 0 Å². The zero-order valence-corrected chi connectivity index (χ0v) is 10.2. The summed E-state index contributed by atoms with van der Waals surface area (Å²) in [6.07, 6.45) is 2.82. The summed E-state index contributed by atoms with van der Waals surface area (Å²) >= 11 is 0. The van der Waals surface area contributed by atoms with Gasteiger partial charge in [-0.3, -0.25) is 0 Å². The first kappa shape index (κ1) is 11.5. The van der Waals surface area contributed by atoms with E-state index in [0.29, 0.717) is 11.9 Å². The third-order valence-corrected chi connectivity index (χ3v) is 2.65. The zero-order chi connectivity index (χ0) is 12.4. The second-order valence-electron chi connectivity index (χ2n) is 4.69. The van der Waals surface area contributed by atoms with Crippen LogP contribution < -0.4 is 11.6 Å². The van der Waals surface area contributed by atoms with Crippen LogP contribution in [0.25, 0.3) is 11.3 Å². The van der Waals surface area contributed by atoms with Gasteiger partial charge < -0.3 is 11.6 Å². The molecule has 90 valence electrons. The van der Waals surface area contributed by atoms with Crippen LogP contribution in [0.2, 0.25) is 0 Å². The number of aromatic nitrogens is 2. The molecule has 0 atom stereocenters. The Bertz CT molecular complexity index is 477. The molecule has 2 aromatic rings. The summed E-state index contributed by atoms with van der Waals surface area (Å²) in [4.78, 5) is 4.19. The van der Waals surface area contributed by atoms with Gasteiger partial charge in [-0.05, 0) is 17.9 Å². The number of anilines is 1. The van der Waals surface area contributed by atoms with Crippen LogP contribution in [0.4, 0.5) is 5.95 Å². The van der Waals surface area contributed by atoms with Gasteiger partial charge in [0.25, 0.3) is 0 Å². The maximum absolute atomic E-state index is 5.60. The van der Waals surface area contributed by atoms with Gasteiger partial charge in [0.05, 0.1) is 11.9 Å². The summed E-state index contributed by atoms with van der Waals surface area (Å²) in [6, 6.07) is 8.36. The molecule has 4 nitrogen and oxygen atoms in total. The Morgan fingerprint density at radius 3 is 2.35 bits per heavy atom. The topological polar surface area (TPSA) is 69.9 Å². The molecule has 1 aromatic heterocycles. The lowest BCUT2D eigenvalue weighted by Gasteiger charge is -2.05. The highest BCUT2D eigenvalue weighted by Gasteiger charge is 2.05. The largest absolute Gasteiger partial charge is 0.368 e. The molecule has 0 fully saturated rings. The first-order chi connectivity index (χ1) is 8.06. The van der Waals surface area contributed by atoms with E-state index in [0.717, 1.165) is 17.7 Å². The van der Waals surface area contributed by atoms with Crippen molar-refractivity contribution in [3.05, 3.63) is 36.0 Å². The van der Waals surface area contributed by atoms with Gasteiger partial charge in [-0.1, -0.05) is 38.1 Å². The molecule has 1 aromatic carbocycles. The minimum absolute atomic E-state index is 0.325. The number of rotatable bonds is 3. The Labute approximate surface area is 101 Å². The van der Waals surface area contributed by atoms with Crippen molar-refractivity contribution in [2.45, 2.75) is 20.3 Å². The summed E-state index contributed by atoms with van der Waals surface area (Å²) in [6.45, 7) is 4.43. The Kier molecular flexibility index (Phi) is 3.04. The Balaban J connectivity index is 2.23. The quantitative estimate of drug-likeness (QED) is 0.793. The van der Waals surface area contributed by atoms with Gasteiger partial charge in [0.15, 0.2) is 0 Å². The second kappa shape index (κ2) is 4.49. The van der Waals surface area contributed by atoms with E-state index in [1.165, 1.54) is 10.2 Å². The highest BCUT2D eigenvalue weighted by atomic mass is 15.3. The van der Waals surface area contributed by atoms with E-state index < -0.39 is 0 Å². The number of nitrogens with two attached hydrogens (primary N) is 2. The number of nitrogen functional groups attached to an aromatic ring is 2. The minimum atomic E-state index is 0.325. The molecule has 4 heteroatoms. The molecule has 0 amide bonds. The van der Waals surface area contributed by atoms with Gasteiger partial charge in [-0.25, -0.2) is 9.66 Å². The predicted molar refractivity (Wildman–Crippen MR) is 70.8 cm³/mol. The van der Waals surface area contributed by atoms with Crippen molar-refractivity contribution in [2.75, 3.05) is 11.6 Å². The predicted octanol–water partition coefficient (Wildman–Crippen LogP) is 2.04. The summed E-state index contributed by atoms with van der Waals surface area (Å²) in [5.74, 6) is 6.59. The number of hydrogen-bond donors (Lipinski definition) is 2. The van der Waals surface area contributed by atoms with E-state index in [1.807, 2.05) is 0 Å². The van der Waals surface area contributed by atoms with Crippen LogP contribution in [-0.2, 0) is 6.42 Å². The van der Waals surface area contributed by atoms with E-state index in [9.17, 15) is 0 Å². The van der Waals surface area contributed by atoms with E-state index in [2.05, 4.69) is 43.1 Å². The van der Waals surface area contributed by atoms with Crippen LogP contribution in [0.1, 0.15) is 19.4 Å². The summed E-state index contributed by atoms with van der Waals surface area (Å²) in [5, 5.41) is 0. The summed E-state index contributed by atoms with van der Waals surface area (Å²) in [5.41, 5.74) is 8.78. The lowest BCUT2D eigenvalue weighted by Crippen LogP contribution is -2.09. The van der Waals surface area contributed by atoms with Gasteiger partial charge in [-0.2, -0.15) is 0 Å². The Morgan fingerprint density at radius 1 is 1.24 bits per heavy atom. The molecule has 0 spiro atoms. The molecule has 2 rings (SSSR count). The number of imidazole rings is 1. The number of nitrogens with zero attached hydrogens (tertiary/aromatic N) is 2. The first-order valence-corrected chi connectivity index (χ1v) is 5.75. The molecule has 1 heterocycles. The van der Waals surface area contributed by atoms with E-state index in [1.54, 1.807) is 6.20 Å². The van der Waals surface area contributed by atoms with Crippen LogP contribution in [0.15, 0.2) is 30.5 Å². The monoisotopic (exact) mass is 230 g/mol. The molecule has 4 N–H and O–H groups in total. The van der Waals surface area contributed by atoms with Crippen LogP contribution in [0.5, 0.6) is 0 Å². The summed E-state index contributed by atoms with van der Waals surface area (Å²) in [7, 11) is 0. The fourth-order valence-corrected chi connectivity index (χ4v) is 1.83. The molecular weight excluding hydrogens is 212 g/mol. The van der Waals surface area contributed by atoms with Gasteiger partial charge in [0.1, 0.15) is 0 Å². The van der Waals surface area contributed by atoms with Crippen molar-refractivity contribution in [1.29, 1.82) is 0 Å². The van der Waals surface area contributed by atoms with Crippen LogP contribution in [0, 0.1) is 5.92 Å². The highest BCUT2D eigenvalue weighted by Crippen LogP contribution is 2.20. The maximum atomic E-state index is 5.60. The SMILES string of the molecule is CC(C)Cc1ccc(-c2cn(N)c(N)n2)cc1. The van der Waals surface area contributed by atoms with Gasteiger partial charge >= 0.3 is 0 Å². The molecule has 0 unspecified atom stereocenters. The maximum Gasteiger partial charge on any atom is 0.219 e. The van der Waals surface area contributed by atoms with Crippen molar-refractivity contribution in [3.8, 4) is 11.3 Å². The van der Waals surface area contributed by atoms with Crippen molar-refractivity contribution in [2.24, 2.45) is 5.92 Å². The first-order valence-electron chi connectivity index (χ1n) is 5.75. The average Bonchev–Trinajstić information content (AvgIpc) is 2.59. The molecule has 0 saturated heterocycles. The van der Waals surface area contributed by atoms with E-state index >= 15 is 0 Å². The zero-order valence-electron chi connectivity index (χ0n) is 10.2. The summed E-state index contributed by atoms with van der Waals surface area (Å²) < 4.78 is 1.33. The molecule has 0 radical (unpaired) electrons. The number of benzene rings is 1. The molecule has 0 aliphatic carbocycles. The van der Waals surface area contributed by atoms with E-state index in [-0.39, 0.29) is 0 Å². The van der Waals surface area contributed by atoms with Crippen molar-refractivity contribution in [1.82, 2.24) is 9.66 Å². The lowest BCUT2D eigenvalue weighted by molar-refractivity contribution is 0.647. The average molecular weight is 230 g/mol. The standard InChI is InChI=1S/C13H18N4/c1-9(2)7-10-3-5-11(6-4-10)12-8-17(15)13(14)16-12/h3-6,8-9H,7,15H2,1-2H3,(H2,14,16). The molecule has 0 aliphatic heterocycles. The minimum Gasteiger partial charge on any atom is -0.368 e. The Hall–Kier alpha value is -1.97. The van der Waals surface area contributed by atoms with Gasteiger partial charge in [0.2, 0.25) is 5.95 Å². The molecular formula is C13H18N4. The fourth-order valence-electron chi connectivity index (χ4n) is 1.83. The van der Waals surface area contributed by atoms with Crippen LogP contribution >= 0.6 is 0 Å². The van der Waals surface area contributed by atoms with Crippen molar-refractivity contribution < 1.29 is 0 Å². The second-order valence-corrected chi connectivity index (χ2v) is 4.69.